The van der Waals surface area contributed by atoms with E-state index in [4.69, 9.17) is 5.73 Å². The summed E-state index contributed by atoms with van der Waals surface area (Å²) in [6.45, 7) is 3.41. The summed E-state index contributed by atoms with van der Waals surface area (Å²) >= 11 is 0. The Hall–Kier alpha value is -1.10. The first-order chi connectivity index (χ1) is 9.58. The smallest absolute Gasteiger partial charge is 0.234 e. The fourth-order valence-electron chi connectivity index (χ4n) is 3.29. The van der Waals surface area contributed by atoms with Crippen LogP contribution in [0.15, 0.2) is 0 Å². The number of hydrogen-bond donors (Lipinski definition) is 2. The van der Waals surface area contributed by atoms with Crippen molar-refractivity contribution in [2.75, 3.05) is 13.1 Å². The van der Waals surface area contributed by atoms with Gasteiger partial charge < -0.3 is 11.1 Å². The quantitative estimate of drug-likeness (QED) is 0.808. The number of nitrogens with two attached hydrogens (primary N) is 1. The van der Waals surface area contributed by atoms with Gasteiger partial charge in [-0.1, -0.05) is 19.3 Å². The average molecular weight is 281 g/mol. The molecule has 1 atom stereocenters. The second-order valence-corrected chi connectivity index (χ2v) is 6.23. The normalized spacial score (nSPS) is 24.2. The molecule has 0 aromatic rings. The minimum absolute atomic E-state index is 0.105. The van der Waals surface area contributed by atoms with Gasteiger partial charge >= 0.3 is 0 Å². The van der Waals surface area contributed by atoms with Gasteiger partial charge in [0.05, 0.1) is 6.04 Å². The molecule has 0 radical (unpaired) electrons. The number of hydrogen-bond acceptors (Lipinski definition) is 3. The third-order valence-electron chi connectivity index (χ3n) is 4.81. The first kappa shape index (κ1) is 15.3. The van der Waals surface area contributed by atoms with E-state index in [0.717, 1.165) is 38.8 Å². The molecule has 1 heterocycles. The summed E-state index contributed by atoms with van der Waals surface area (Å²) in [5.74, 6) is 0.0339. The molecule has 114 valence electrons. The van der Waals surface area contributed by atoms with E-state index in [1.54, 1.807) is 0 Å². The highest BCUT2D eigenvalue weighted by molar-refractivity contribution is 5.80. The Morgan fingerprint density at radius 2 is 1.70 bits per heavy atom. The third-order valence-corrected chi connectivity index (χ3v) is 4.81. The molecule has 2 fully saturated rings. The fraction of sp³-hybridized carbons (Fsp3) is 0.867. The van der Waals surface area contributed by atoms with Gasteiger partial charge in [-0.05, 0) is 45.7 Å². The van der Waals surface area contributed by atoms with Crippen molar-refractivity contribution in [1.29, 1.82) is 0 Å². The molecule has 1 saturated heterocycles. The molecule has 0 aromatic heterocycles. The monoisotopic (exact) mass is 281 g/mol. The Balaban J connectivity index is 1.75. The average Bonchev–Trinajstić information content (AvgIpc) is 2.47. The second-order valence-electron chi connectivity index (χ2n) is 6.23. The molecule has 20 heavy (non-hydrogen) atoms. The van der Waals surface area contributed by atoms with Gasteiger partial charge in [0.25, 0.3) is 0 Å². The molecule has 0 spiro atoms. The van der Waals surface area contributed by atoms with Crippen molar-refractivity contribution in [2.45, 2.75) is 64.0 Å². The van der Waals surface area contributed by atoms with E-state index in [2.05, 4.69) is 10.2 Å². The van der Waals surface area contributed by atoms with E-state index in [-0.39, 0.29) is 23.8 Å². The lowest BCUT2D eigenvalue weighted by Gasteiger charge is -2.35. The number of carbonyl (C=O) groups is 2. The molecule has 2 amide bonds. The molecule has 0 unspecified atom stereocenters. The molecular weight excluding hydrogens is 254 g/mol. The fourth-order valence-corrected chi connectivity index (χ4v) is 3.29. The first-order valence-electron chi connectivity index (χ1n) is 7.91. The van der Waals surface area contributed by atoms with Gasteiger partial charge in [-0.3, -0.25) is 14.5 Å². The number of primary amides is 1. The lowest BCUT2D eigenvalue weighted by Crippen LogP contribution is -2.49. The standard InChI is InChI=1S/C15H27N3O2/c1-11(14(16)19)18-9-7-12(8-10-18)15(20)17-13-5-3-2-4-6-13/h11-13H,2-10H2,1H3,(H2,16,19)(H,17,20)/t11-/m1/s1. The molecular formula is C15H27N3O2. The van der Waals surface area contributed by atoms with Gasteiger partial charge in [-0.25, -0.2) is 0 Å². The zero-order chi connectivity index (χ0) is 14.5. The van der Waals surface area contributed by atoms with Crippen LogP contribution in [0, 0.1) is 5.92 Å². The second kappa shape index (κ2) is 7.07. The molecule has 5 nitrogen and oxygen atoms in total. The Morgan fingerprint density at radius 3 is 2.25 bits per heavy atom. The maximum Gasteiger partial charge on any atom is 0.234 e. The summed E-state index contributed by atoms with van der Waals surface area (Å²) in [7, 11) is 0. The number of rotatable bonds is 4. The van der Waals surface area contributed by atoms with Gasteiger partial charge in [0, 0.05) is 12.0 Å². The highest BCUT2D eigenvalue weighted by Gasteiger charge is 2.29. The lowest BCUT2D eigenvalue weighted by molar-refractivity contribution is -0.128. The van der Waals surface area contributed by atoms with Gasteiger partial charge in [-0.2, -0.15) is 0 Å². The van der Waals surface area contributed by atoms with Crippen molar-refractivity contribution in [3.63, 3.8) is 0 Å². The highest BCUT2D eigenvalue weighted by Crippen LogP contribution is 2.22. The Bertz CT molecular complexity index is 345. The lowest BCUT2D eigenvalue weighted by atomic mass is 9.92. The maximum absolute atomic E-state index is 12.3. The topological polar surface area (TPSA) is 75.4 Å². The summed E-state index contributed by atoms with van der Waals surface area (Å²) < 4.78 is 0. The van der Waals surface area contributed by atoms with E-state index in [0.29, 0.717) is 6.04 Å². The summed E-state index contributed by atoms with van der Waals surface area (Å²) in [5.41, 5.74) is 5.33. The number of nitrogens with zero attached hydrogens (tertiary/aromatic N) is 1. The van der Waals surface area contributed by atoms with Crippen molar-refractivity contribution in [3.8, 4) is 0 Å². The van der Waals surface area contributed by atoms with Crippen LogP contribution in [0.1, 0.15) is 51.9 Å². The van der Waals surface area contributed by atoms with Gasteiger partial charge in [0.15, 0.2) is 0 Å². The van der Waals surface area contributed by atoms with Crippen LogP contribution in [0.25, 0.3) is 0 Å². The largest absolute Gasteiger partial charge is 0.368 e. The van der Waals surface area contributed by atoms with Crippen molar-refractivity contribution < 1.29 is 9.59 Å². The van der Waals surface area contributed by atoms with Crippen LogP contribution in [0.3, 0.4) is 0 Å². The van der Waals surface area contributed by atoms with Crippen LogP contribution in [-0.2, 0) is 9.59 Å². The van der Waals surface area contributed by atoms with Crippen LogP contribution in [0.5, 0.6) is 0 Å². The summed E-state index contributed by atoms with van der Waals surface area (Å²) in [6, 6.07) is 0.163. The van der Waals surface area contributed by atoms with Crippen molar-refractivity contribution in [3.05, 3.63) is 0 Å². The Kier molecular flexibility index (Phi) is 5.40. The van der Waals surface area contributed by atoms with E-state index in [9.17, 15) is 9.59 Å². The zero-order valence-corrected chi connectivity index (χ0v) is 12.4. The van der Waals surface area contributed by atoms with Crippen molar-refractivity contribution in [2.24, 2.45) is 11.7 Å². The maximum atomic E-state index is 12.3. The number of carbonyl (C=O) groups excluding carboxylic acids is 2. The molecule has 2 aliphatic rings. The Morgan fingerprint density at radius 1 is 1.10 bits per heavy atom. The van der Waals surface area contributed by atoms with Crippen molar-refractivity contribution in [1.82, 2.24) is 10.2 Å². The number of nitrogens with one attached hydrogen (secondary N) is 1. The van der Waals surface area contributed by atoms with Crippen LogP contribution in [0.4, 0.5) is 0 Å². The van der Waals surface area contributed by atoms with E-state index in [1.165, 1.54) is 19.3 Å². The minimum atomic E-state index is -0.282. The SMILES string of the molecule is C[C@H](C(N)=O)N1CCC(C(=O)NC2CCCCC2)CC1. The van der Waals surface area contributed by atoms with E-state index >= 15 is 0 Å². The van der Waals surface area contributed by atoms with Gasteiger partial charge in [0.1, 0.15) is 0 Å². The van der Waals surface area contributed by atoms with Gasteiger partial charge in [-0.15, -0.1) is 0 Å². The van der Waals surface area contributed by atoms with E-state index in [1.807, 2.05) is 6.92 Å². The van der Waals surface area contributed by atoms with Crippen LogP contribution < -0.4 is 11.1 Å². The summed E-state index contributed by atoms with van der Waals surface area (Å²) in [4.78, 5) is 25.5. The minimum Gasteiger partial charge on any atom is -0.368 e. The molecule has 0 aromatic carbocycles. The molecule has 0 bridgehead atoms. The predicted molar refractivity (Wildman–Crippen MR) is 78.0 cm³/mol. The molecule has 1 saturated carbocycles. The van der Waals surface area contributed by atoms with Crippen LogP contribution in [-0.4, -0.2) is 41.9 Å². The summed E-state index contributed by atoms with van der Waals surface area (Å²) in [5, 5.41) is 3.21. The number of amides is 2. The molecule has 1 aliphatic carbocycles. The van der Waals surface area contributed by atoms with Gasteiger partial charge in [0.2, 0.25) is 11.8 Å². The predicted octanol–water partition coefficient (Wildman–Crippen LogP) is 1.02. The molecule has 2 rings (SSSR count). The summed E-state index contributed by atoms with van der Waals surface area (Å²) in [6.07, 6.45) is 7.69. The Labute approximate surface area is 121 Å². The first-order valence-corrected chi connectivity index (χ1v) is 7.91. The molecule has 1 aliphatic heterocycles. The van der Waals surface area contributed by atoms with Crippen LogP contribution in [0.2, 0.25) is 0 Å². The zero-order valence-electron chi connectivity index (χ0n) is 12.4. The number of piperidine rings is 1. The third kappa shape index (κ3) is 3.95. The highest BCUT2D eigenvalue weighted by atomic mass is 16.2. The molecule has 3 N–H and O–H groups in total. The molecule has 5 heteroatoms. The van der Waals surface area contributed by atoms with E-state index < -0.39 is 0 Å². The number of likely N-dealkylation sites (tertiary alicyclic amines) is 1. The van der Waals surface area contributed by atoms with Crippen molar-refractivity contribution >= 4 is 11.8 Å². The van der Waals surface area contributed by atoms with Crippen LogP contribution >= 0.6 is 0 Å².